The van der Waals surface area contributed by atoms with Crippen molar-refractivity contribution < 1.29 is 0 Å². The molecule has 1 aromatic carbocycles. The second-order valence-electron chi connectivity index (χ2n) is 6.42. The van der Waals surface area contributed by atoms with Crippen LogP contribution >= 0.6 is 0 Å². The van der Waals surface area contributed by atoms with Crippen molar-refractivity contribution in [3.63, 3.8) is 0 Å². The molecule has 0 amide bonds. The van der Waals surface area contributed by atoms with Crippen molar-refractivity contribution in [1.29, 1.82) is 0 Å². The van der Waals surface area contributed by atoms with Crippen molar-refractivity contribution in [3.05, 3.63) is 34.9 Å². The first-order valence-electron chi connectivity index (χ1n) is 8.29. The number of nitrogens with two attached hydrogens (primary N) is 1. The van der Waals surface area contributed by atoms with Crippen molar-refractivity contribution in [1.82, 2.24) is 9.80 Å². The Morgan fingerprint density at radius 2 is 2.00 bits per heavy atom. The van der Waals surface area contributed by atoms with Crippen LogP contribution < -0.4 is 5.73 Å². The third kappa shape index (κ3) is 3.65. The zero-order chi connectivity index (χ0) is 15.4. The zero-order valence-electron chi connectivity index (χ0n) is 14.1. The first-order valence-corrected chi connectivity index (χ1v) is 8.29. The van der Waals surface area contributed by atoms with Crippen LogP contribution in [0.1, 0.15) is 42.5 Å². The molecule has 1 saturated heterocycles. The second kappa shape index (κ2) is 7.39. The maximum atomic E-state index is 6.13. The summed E-state index contributed by atoms with van der Waals surface area (Å²) < 4.78 is 0. The fraction of sp³-hybridized carbons (Fsp3) is 0.667. The van der Waals surface area contributed by atoms with Crippen LogP contribution in [-0.2, 0) is 0 Å². The number of hydrogen-bond donors (Lipinski definition) is 1. The molecule has 1 fully saturated rings. The highest BCUT2D eigenvalue weighted by molar-refractivity contribution is 5.36. The van der Waals surface area contributed by atoms with Crippen LogP contribution in [0.25, 0.3) is 0 Å². The lowest BCUT2D eigenvalue weighted by Crippen LogP contribution is -2.42. The number of likely N-dealkylation sites (N-methyl/N-ethyl adjacent to an activating group) is 2. The second-order valence-corrected chi connectivity index (χ2v) is 6.42. The predicted molar refractivity (Wildman–Crippen MR) is 90.6 cm³/mol. The number of hydrogen-bond acceptors (Lipinski definition) is 3. The summed E-state index contributed by atoms with van der Waals surface area (Å²) >= 11 is 0. The van der Waals surface area contributed by atoms with Gasteiger partial charge in [0.2, 0.25) is 0 Å². The standard InChI is InChI=1S/C18H31N3/c1-5-21-11-7-10-16(21)13-20(4)17(12-19)18-14(2)8-6-9-15(18)3/h6,8-9,16-17H,5,7,10-13,19H2,1-4H3. The van der Waals surface area contributed by atoms with E-state index in [1.165, 1.54) is 36.1 Å². The number of rotatable bonds is 6. The normalized spacial score (nSPS) is 21.1. The van der Waals surface area contributed by atoms with E-state index in [9.17, 15) is 0 Å². The van der Waals surface area contributed by atoms with Crippen LogP contribution in [0.15, 0.2) is 18.2 Å². The van der Waals surface area contributed by atoms with Crippen LogP contribution in [0, 0.1) is 13.8 Å². The summed E-state index contributed by atoms with van der Waals surface area (Å²) in [7, 11) is 2.23. The van der Waals surface area contributed by atoms with Gasteiger partial charge in [0.25, 0.3) is 0 Å². The van der Waals surface area contributed by atoms with Crippen LogP contribution in [0.3, 0.4) is 0 Å². The Bertz CT molecular complexity index is 438. The summed E-state index contributed by atoms with van der Waals surface area (Å²) in [6.07, 6.45) is 2.66. The molecule has 0 aromatic heterocycles. The van der Waals surface area contributed by atoms with E-state index in [0.717, 1.165) is 13.1 Å². The van der Waals surface area contributed by atoms with Gasteiger partial charge in [-0.05, 0) is 63.5 Å². The van der Waals surface area contributed by atoms with E-state index in [1.54, 1.807) is 0 Å². The van der Waals surface area contributed by atoms with E-state index < -0.39 is 0 Å². The van der Waals surface area contributed by atoms with Crippen LogP contribution in [0.2, 0.25) is 0 Å². The number of nitrogens with zero attached hydrogens (tertiary/aromatic N) is 2. The Morgan fingerprint density at radius 1 is 1.33 bits per heavy atom. The summed E-state index contributed by atoms with van der Waals surface area (Å²) in [5.74, 6) is 0. The molecule has 2 rings (SSSR count). The third-order valence-electron chi connectivity index (χ3n) is 5.03. The fourth-order valence-electron chi connectivity index (χ4n) is 3.85. The fourth-order valence-corrected chi connectivity index (χ4v) is 3.85. The SMILES string of the molecule is CCN1CCCC1CN(C)C(CN)c1c(C)cccc1C. The van der Waals surface area contributed by atoms with Gasteiger partial charge in [0, 0.05) is 25.2 Å². The average Bonchev–Trinajstić information content (AvgIpc) is 2.90. The van der Waals surface area contributed by atoms with Crippen molar-refractivity contribution >= 4 is 0 Å². The molecular formula is C18H31N3. The first-order chi connectivity index (χ1) is 10.1. The minimum Gasteiger partial charge on any atom is -0.329 e. The van der Waals surface area contributed by atoms with Crippen molar-refractivity contribution in [2.45, 2.75) is 45.7 Å². The van der Waals surface area contributed by atoms with E-state index in [-0.39, 0.29) is 0 Å². The van der Waals surface area contributed by atoms with Crippen LogP contribution in [-0.4, -0.2) is 49.1 Å². The molecule has 3 nitrogen and oxygen atoms in total. The van der Waals surface area contributed by atoms with Crippen molar-refractivity contribution in [2.24, 2.45) is 5.73 Å². The maximum absolute atomic E-state index is 6.13. The maximum Gasteiger partial charge on any atom is 0.0473 e. The van der Waals surface area contributed by atoms with Crippen molar-refractivity contribution in [3.8, 4) is 0 Å². The summed E-state index contributed by atoms with van der Waals surface area (Å²) in [6, 6.07) is 7.56. The molecule has 0 saturated carbocycles. The predicted octanol–water partition coefficient (Wildman–Crippen LogP) is 2.72. The molecule has 0 spiro atoms. The molecule has 1 heterocycles. The van der Waals surface area contributed by atoms with E-state index in [1.807, 2.05) is 0 Å². The average molecular weight is 289 g/mol. The van der Waals surface area contributed by atoms with Gasteiger partial charge in [-0.3, -0.25) is 9.80 Å². The molecule has 21 heavy (non-hydrogen) atoms. The van der Waals surface area contributed by atoms with E-state index in [4.69, 9.17) is 5.73 Å². The van der Waals surface area contributed by atoms with Crippen LogP contribution in [0.4, 0.5) is 0 Å². The Kier molecular flexibility index (Phi) is 5.80. The smallest absolute Gasteiger partial charge is 0.0473 e. The van der Waals surface area contributed by atoms with Gasteiger partial charge in [0.05, 0.1) is 0 Å². The number of benzene rings is 1. The zero-order valence-corrected chi connectivity index (χ0v) is 14.1. The lowest BCUT2D eigenvalue weighted by atomic mass is 9.95. The lowest BCUT2D eigenvalue weighted by molar-refractivity contribution is 0.165. The van der Waals surface area contributed by atoms with Gasteiger partial charge in [-0.2, -0.15) is 0 Å². The van der Waals surface area contributed by atoms with Gasteiger partial charge >= 0.3 is 0 Å². The number of likely N-dealkylation sites (tertiary alicyclic amines) is 1. The van der Waals surface area contributed by atoms with Gasteiger partial charge < -0.3 is 5.73 Å². The molecule has 0 bridgehead atoms. The summed E-state index contributed by atoms with van der Waals surface area (Å²) in [5, 5.41) is 0. The summed E-state index contributed by atoms with van der Waals surface area (Å²) in [6.45, 7) is 10.9. The highest BCUT2D eigenvalue weighted by Gasteiger charge is 2.27. The summed E-state index contributed by atoms with van der Waals surface area (Å²) in [5.41, 5.74) is 10.3. The highest BCUT2D eigenvalue weighted by Crippen LogP contribution is 2.27. The molecule has 1 aliphatic rings. The Labute approximate surface area is 130 Å². The largest absolute Gasteiger partial charge is 0.329 e. The Balaban J connectivity index is 2.13. The molecule has 1 aliphatic heterocycles. The lowest BCUT2D eigenvalue weighted by Gasteiger charge is -2.34. The topological polar surface area (TPSA) is 32.5 Å². The monoisotopic (exact) mass is 289 g/mol. The molecule has 118 valence electrons. The van der Waals surface area contributed by atoms with Gasteiger partial charge in [-0.15, -0.1) is 0 Å². The molecule has 0 aliphatic carbocycles. The highest BCUT2D eigenvalue weighted by atomic mass is 15.2. The first kappa shape index (κ1) is 16.5. The van der Waals surface area contributed by atoms with Gasteiger partial charge in [-0.1, -0.05) is 25.1 Å². The minimum atomic E-state index is 0.325. The molecule has 2 N–H and O–H groups in total. The minimum absolute atomic E-state index is 0.325. The molecular weight excluding hydrogens is 258 g/mol. The molecule has 3 heteroatoms. The molecule has 1 aromatic rings. The van der Waals surface area contributed by atoms with Crippen LogP contribution in [0.5, 0.6) is 0 Å². The summed E-state index contributed by atoms with van der Waals surface area (Å²) in [4.78, 5) is 5.07. The number of aryl methyl sites for hydroxylation is 2. The van der Waals surface area contributed by atoms with Crippen molar-refractivity contribution in [2.75, 3.05) is 33.2 Å². The quantitative estimate of drug-likeness (QED) is 0.874. The Hall–Kier alpha value is -0.900. The molecule has 0 radical (unpaired) electrons. The van der Waals surface area contributed by atoms with Gasteiger partial charge in [0.15, 0.2) is 0 Å². The van der Waals surface area contributed by atoms with E-state index in [0.29, 0.717) is 18.6 Å². The van der Waals surface area contributed by atoms with E-state index >= 15 is 0 Å². The van der Waals surface area contributed by atoms with E-state index in [2.05, 4.69) is 55.8 Å². The third-order valence-corrected chi connectivity index (χ3v) is 5.03. The van der Waals surface area contributed by atoms with Gasteiger partial charge in [0.1, 0.15) is 0 Å². The molecule has 2 unspecified atom stereocenters. The Morgan fingerprint density at radius 3 is 2.57 bits per heavy atom. The molecule has 2 atom stereocenters. The van der Waals surface area contributed by atoms with Gasteiger partial charge in [-0.25, -0.2) is 0 Å².